The first kappa shape index (κ1) is 25.1. The minimum Gasteiger partial charge on any atom is -0.348 e. The van der Waals surface area contributed by atoms with Crippen LogP contribution in [0.5, 0.6) is 0 Å². The molecule has 0 atom stereocenters. The highest BCUT2D eigenvalue weighted by Gasteiger charge is 2.21. The number of Topliss-reactive ketones (excluding diaryl/α,β-unsaturated/α-hetero) is 1. The fourth-order valence-corrected chi connectivity index (χ4v) is 3.64. The summed E-state index contributed by atoms with van der Waals surface area (Å²) in [5.74, 6) is -2.51. The third-order valence-electron chi connectivity index (χ3n) is 5.61. The van der Waals surface area contributed by atoms with Crippen LogP contribution in [0, 0.1) is 0 Å². The molecule has 37 heavy (non-hydrogen) atoms. The first-order valence-corrected chi connectivity index (χ1v) is 11.7. The molecule has 4 aromatic rings. The van der Waals surface area contributed by atoms with Crippen molar-refractivity contribution in [1.29, 1.82) is 0 Å². The zero-order chi connectivity index (χ0) is 26.0. The molecular formula is C30H25N3O4. The third-order valence-corrected chi connectivity index (χ3v) is 5.61. The number of rotatable bonds is 9. The van der Waals surface area contributed by atoms with Crippen molar-refractivity contribution in [1.82, 2.24) is 10.6 Å². The smallest absolute Gasteiger partial charge is 0.296 e. The summed E-state index contributed by atoms with van der Waals surface area (Å²) < 4.78 is 0. The first-order valence-electron chi connectivity index (χ1n) is 11.7. The van der Waals surface area contributed by atoms with Gasteiger partial charge in [0.25, 0.3) is 23.5 Å². The zero-order valence-corrected chi connectivity index (χ0v) is 19.9. The molecule has 3 amide bonds. The van der Waals surface area contributed by atoms with Gasteiger partial charge in [0.05, 0.1) is 11.3 Å². The first-order chi connectivity index (χ1) is 18.0. The van der Waals surface area contributed by atoms with Crippen LogP contribution >= 0.6 is 0 Å². The Kier molecular flexibility index (Phi) is 8.18. The van der Waals surface area contributed by atoms with Crippen LogP contribution in [-0.4, -0.2) is 23.5 Å². The highest BCUT2D eigenvalue weighted by Crippen LogP contribution is 2.19. The van der Waals surface area contributed by atoms with E-state index in [0.717, 1.165) is 11.1 Å². The summed E-state index contributed by atoms with van der Waals surface area (Å²) in [4.78, 5) is 51.2. The van der Waals surface area contributed by atoms with Crippen LogP contribution in [0.15, 0.2) is 109 Å². The van der Waals surface area contributed by atoms with E-state index in [9.17, 15) is 19.2 Å². The second kappa shape index (κ2) is 12.1. The van der Waals surface area contributed by atoms with Gasteiger partial charge in [-0.2, -0.15) is 0 Å². The number of benzene rings is 4. The Balaban J connectivity index is 1.55. The Hall–Kier alpha value is -5.04. The van der Waals surface area contributed by atoms with Crippen molar-refractivity contribution in [2.24, 2.45) is 0 Å². The van der Waals surface area contributed by atoms with E-state index in [1.807, 2.05) is 60.7 Å². The molecule has 3 N–H and O–H groups in total. The molecule has 0 saturated carbocycles. The minimum absolute atomic E-state index is 0.0622. The lowest BCUT2D eigenvalue weighted by Crippen LogP contribution is -2.28. The van der Waals surface area contributed by atoms with E-state index in [1.165, 1.54) is 30.3 Å². The van der Waals surface area contributed by atoms with Crippen molar-refractivity contribution in [2.45, 2.75) is 13.1 Å². The van der Waals surface area contributed by atoms with Gasteiger partial charge >= 0.3 is 0 Å². The lowest BCUT2D eigenvalue weighted by atomic mass is 10.1. The Morgan fingerprint density at radius 1 is 0.541 bits per heavy atom. The fraction of sp³-hybridized carbons (Fsp3) is 0.0667. The van der Waals surface area contributed by atoms with Crippen LogP contribution in [0.25, 0.3) is 0 Å². The molecule has 4 aromatic carbocycles. The van der Waals surface area contributed by atoms with E-state index in [4.69, 9.17) is 0 Å². The van der Waals surface area contributed by atoms with Crippen molar-refractivity contribution in [3.8, 4) is 0 Å². The van der Waals surface area contributed by atoms with E-state index in [0.29, 0.717) is 6.54 Å². The van der Waals surface area contributed by atoms with E-state index >= 15 is 0 Å². The van der Waals surface area contributed by atoms with Crippen LogP contribution in [0.4, 0.5) is 5.69 Å². The number of carbonyl (C=O) groups excluding carboxylic acids is 4. The molecule has 0 unspecified atom stereocenters. The molecule has 0 fully saturated rings. The number of ketones is 1. The van der Waals surface area contributed by atoms with Crippen molar-refractivity contribution in [3.63, 3.8) is 0 Å². The monoisotopic (exact) mass is 491 g/mol. The SMILES string of the molecule is O=C(Nc1cc(C(=O)NCc2ccccc2)ccc1C(=O)NCc1ccccc1)C(=O)c1ccccc1. The summed E-state index contributed by atoms with van der Waals surface area (Å²) >= 11 is 0. The Morgan fingerprint density at radius 2 is 1.05 bits per heavy atom. The lowest BCUT2D eigenvalue weighted by Gasteiger charge is -2.14. The van der Waals surface area contributed by atoms with Gasteiger partial charge in [-0.1, -0.05) is 91.0 Å². The molecule has 0 saturated heterocycles. The van der Waals surface area contributed by atoms with Gasteiger partial charge in [-0.25, -0.2) is 0 Å². The number of hydrogen-bond acceptors (Lipinski definition) is 4. The van der Waals surface area contributed by atoms with Gasteiger partial charge in [0.1, 0.15) is 0 Å². The number of amides is 3. The summed E-state index contributed by atoms with van der Waals surface area (Å²) in [5, 5.41) is 8.16. The topological polar surface area (TPSA) is 104 Å². The Bertz CT molecular complexity index is 1400. The second-order valence-corrected chi connectivity index (χ2v) is 8.25. The average Bonchev–Trinajstić information content (AvgIpc) is 2.95. The van der Waals surface area contributed by atoms with Gasteiger partial charge in [0.2, 0.25) is 0 Å². The van der Waals surface area contributed by atoms with Gasteiger partial charge < -0.3 is 16.0 Å². The lowest BCUT2D eigenvalue weighted by molar-refractivity contribution is -0.112. The van der Waals surface area contributed by atoms with Gasteiger partial charge in [-0.05, 0) is 29.3 Å². The van der Waals surface area contributed by atoms with Gasteiger partial charge in [-0.15, -0.1) is 0 Å². The number of hydrogen-bond donors (Lipinski definition) is 3. The average molecular weight is 492 g/mol. The molecule has 0 spiro atoms. The maximum Gasteiger partial charge on any atom is 0.296 e. The minimum atomic E-state index is -0.912. The summed E-state index contributed by atoms with van der Waals surface area (Å²) in [6.07, 6.45) is 0. The highest BCUT2D eigenvalue weighted by atomic mass is 16.2. The second-order valence-electron chi connectivity index (χ2n) is 8.25. The molecule has 0 radical (unpaired) electrons. The predicted molar refractivity (Wildman–Crippen MR) is 141 cm³/mol. The van der Waals surface area contributed by atoms with Gasteiger partial charge in [0.15, 0.2) is 0 Å². The molecule has 4 rings (SSSR count). The molecule has 7 heteroatoms. The fourth-order valence-electron chi connectivity index (χ4n) is 3.64. The molecule has 7 nitrogen and oxygen atoms in total. The summed E-state index contributed by atoms with van der Waals surface area (Å²) in [6.45, 7) is 0.586. The van der Waals surface area contributed by atoms with Crippen LogP contribution in [0.3, 0.4) is 0 Å². The highest BCUT2D eigenvalue weighted by molar-refractivity contribution is 6.46. The molecule has 0 aliphatic rings. The molecular weight excluding hydrogens is 466 g/mol. The van der Waals surface area contributed by atoms with E-state index < -0.39 is 17.6 Å². The van der Waals surface area contributed by atoms with Crippen LogP contribution in [0.1, 0.15) is 42.2 Å². The normalized spacial score (nSPS) is 10.3. The predicted octanol–water partition coefficient (Wildman–Crippen LogP) is 4.37. The summed E-state index contributed by atoms with van der Waals surface area (Å²) in [5.41, 5.74) is 2.47. The molecule has 0 heterocycles. The standard InChI is InChI=1S/C30H25N3O4/c34-27(23-14-8-3-9-15-23)30(37)33-26-18-24(28(35)31-19-21-10-4-1-5-11-21)16-17-25(26)29(36)32-20-22-12-6-2-7-13-22/h1-18H,19-20H2,(H,31,35)(H,32,36)(H,33,37). The van der Waals surface area contributed by atoms with E-state index in [1.54, 1.807) is 18.2 Å². The van der Waals surface area contributed by atoms with Crippen LogP contribution in [0.2, 0.25) is 0 Å². The largest absolute Gasteiger partial charge is 0.348 e. The third kappa shape index (κ3) is 6.76. The number of nitrogens with one attached hydrogen (secondary N) is 3. The van der Waals surface area contributed by atoms with E-state index in [2.05, 4.69) is 16.0 Å². The van der Waals surface area contributed by atoms with E-state index in [-0.39, 0.29) is 34.8 Å². The summed E-state index contributed by atoms with van der Waals surface area (Å²) in [6, 6.07) is 31.3. The van der Waals surface area contributed by atoms with Crippen molar-refractivity contribution in [2.75, 3.05) is 5.32 Å². The van der Waals surface area contributed by atoms with Crippen LogP contribution in [-0.2, 0) is 17.9 Å². The van der Waals surface area contributed by atoms with Crippen molar-refractivity contribution < 1.29 is 19.2 Å². The molecule has 0 bridgehead atoms. The van der Waals surface area contributed by atoms with Gasteiger partial charge in [0, 0.05) is 24.2 Å². The number of carbonyl (C=O) groups is 4. The maximum atomic E-state index is 13.0. The molecule has 0 aromatic heterocycles. The molecule has 0 aliphatic heterocycles. The van der Waals surface area contributed by atoms with Crippen LogP contribution < -0.4 is 16.0 Å². The number of anilines is 1. The Morgan fingerprint density at radius 3 is 1.62 bits per heavy atom. The van der Waals surface area contributed by atoms with Crippen molar-refractivity contribution in [3.05, 3.63) is 137 Å². The molecule has 184 valence electrons. The summed E-state index contributed by atoms with van der Waals surface area (Å²) in [7, 11) is 0. The zero-order valence-electron chi connectivity index (χ0n) is 19.9. The quantitative estimate of drug-likeness (QED) is 0.239. The molecule has 0 aliphatic carbocycles. The van der Waals surface area contributed by atoms with Crippen molar-refractivity contribution >= 4 is 29.2 Å². The maximum absolute atomic E-state index is 13.0. The Labute approximate surface area is 214 Å². The van der Waals surface area contributed by atoms with Gasteiger partial charge in [-0.3, -0.25) is 19.2 Å².